The quantitative estimate of drug-likeness (QED) is 0.830. The highest BCUT2D eigenvalue weighted by Gasteiger charge is 2.60. The van der Waals surface area contributed by atoms with Crippen LogP contribution in [0.15, 0.2) is 12.1 Å². The maximum Gasteiger partial charge on any atom is 0.402 e. The van der Waals surface area contributed by atoms with Crippen LogP contribution >= 0.6 is 11.6 Å². The molecule has 1 aromatic rings. The Labute approximate surface area is 120 Å². The SMILES string of the molecule is NC(c1cc(Cl)cc2c1OCC2)C(C(F)(F)F)C(F)(F)F. The molecule has 0 radical (unpaired) electrons. The maximum atomic E-state index is 12.7. The topological polar surface area (TPSA) is 35.2 Å². The average molecular weight is 334 g/mol. The number of hydrogen-bond donors (Lipinski definition) is 1. The Kier molecular flexibility index (Phi) is 4.05. The standard InChI is InChI=1S/C12H10ClF6NO/c13-6-3-5-1-2-21-9(5)7(4-6)8(20)10(11(14,15)16)12(17,18)19/h3-4,8,10H,1-2,20H2. The van der Waals surface area contributed by atoms with Crippen LogP contribution in [-0.4, -0.2) is 19.0 Å². The molecule has 0 amide bonds. The van der Waals surface area contributed by atoms with E-state index in [1.54, 1.807) is 0 Å². The predicted molar refractivity (Wildman–Crippen MR) is 63.2 cm³/mol. The number of rotatable bonds is 2. The smallest absolute Gasteiger partial charge is 0.402 e. The lowest BCUT2D eigenvalue weighted by Crippen LogP contribution is -2.44. The first-order valence-corrected chi connectivity index (χ1v) is 6.23. The summed E-state index contributed by atoms with van der Waals surface area (Å²) < 4.78 is 81.5. The first-order chi connectivity index (χ1) is 9.51. The van der Waals surface area contributed by atoms with Crippen LogP contribution in [0.1, 0.15) is 17.2 Å². The Morgan fingerprint density at radius 3 is 2.19 bits per heavy atom. The number of fused-ring (bicyclic) bond motifs is 1. The highest BCUT2D eigenvalue weighted by atomic mass is 35.5. The summed E-state index contributed by atoms with van der Waals surface area (Å²) in [5.74, 6) is -3.72. The second-order valence-corrected chi connectivity index (χ2v) is 5.10. The van der Waals surface area contributed by atoms with Crippen LogP contribution in [0, 0.1) is 5.92 Å². The average Bonchev–Trinajstić information content (AvgIpc) is 2.71. The molecule has 2 rings (SSSR count). The van der Waals surface area contributed by atoms with E-state index in [9.17, 15) is 26.3 Å². The van der Waals surface area contributed by atoms with Gasteiger partial charge in [-0.15, -0.1) is 0 Å². The minimum absolute atomic E-state index is 0.0211. The number of hydrogen-bond acceptors (Lipinski definition) is 2. The van der Waals surface area contributed by atoms with Gasteiger partial charge in [0.25, 0.3) is 0 Å². The van der Waals surface area contributed by atoms with Crippen molar-refractivity contribution in [1.29, 1.82) is 0 Å². The molecule has 0 spiro atoms. The second kappa shape index (κ2) is 5.24. The summed E-state index contributed by atoms with van der Waals surface area (Å²) in [4.78, 5) is 0. The molecule has 21 heavy (non-hydrogen) atoms. The summed E-state index contributed by atoms with van der Waals surface area (Å²) in [6.07, 6.45) is -10.7. The van der Waals surface area contributed by atoms with Crippen molar-refractivity contribution >= 4 is 11.6 Å². The third-order valence-electron chi connectivity index (χ3n) is 3.20. The second-order valence-electron chi connectivity index (χ2n) is 4.67. The van der Waals surface area contributed by atoms with Crippen LogP contribution in [0.3, 0.4) is 0 Å². The molecule has 2 nitrogen and oxygen atoms in total. The fourth-order valence-electron chi connectivity index (χ4n) is 2.32. The highest BCUT2D eigenvalue weighted by molar-refractivity contribution is 6.30. The van der Waals surface area contributed by atoms with Gasteiger partial charge in [0, 0.05) is 17.0 Å². The largest absolute Gasteiger partial charge is 0.493 e. The highest BCUT2D eigenvalue weighted by Crippen LogP contribution is 2.48. The molecular weight excluding hydrogens is 324 g/mol. The Hall–Kier alpha value is -1.15. The van der Waals surface area contributed by atoms with E-state index in [0.29, 0.717) is 12.0 Å². The predicted octanol–water partition coefficient (Wildman–Crippen LogP) is 4.02. The normalized spacial score (nSPS) is 16.8. The van der Waals surface area contributed by atoms with E-state index in [2.05, 4.69) is 0 Å². The summed E-state index contributed by atoms with van der Waals surface area (Å²) in [5, 5.41) is 0.0211. The molecule has 1 heterocycles. The first kappa shape index (κ1) is 16.2. The fraction of sp³-hybridized carbons (Fsp3) is 0.500. The van der Waals surface area contributed by atoms with Gasteiger partial charge in [0.2, 0.25) is 0 Å². The van der Waals surface area contributed by atoms with E-state index in [1.807, 2.05) is 0 Å². The monoisotopic (exact) mass is 333 g/mol. The first-order valence-electron chi connectivity index (χ1n) is 5.86. The van der Waals surface area contributed by atoms with E-state index in [-0.39, 0.29) is 22.9 Å². The molecule has 0 fully saturated rings. The molecule has 0 bridgehead atoms. The van der Waals surface area contributed by atoms with Gasteiger partial charge >= 0.3 is 12.4 Å². The van der Waals surface area contributed by atoms with Crippen LogP contribution < -0.4 is 10.5 Å². The summed E-state index contributed by atoms with van der Waals surface area (Å²) in [5.41, 5.74) is 5.35. The molecule has 2 N–H and O–H groups in total. The molecule has 1 atom stereocenters. The molecule has 1 aliphatic rings. The lowest BCUT2D eigenvalue weighted by Gasteiger charge is -2.29. The van der Waals surface area contributed by atoms with Crippen molar-refractivity contribution in [1.82, 2.24) is 0 Å². The van der Waals surface area contributed by atoms with Gasteiger partial charge in [0.15, 0.2) is 5.92 Å². The summed E-state index contributed by atoms with van der Waals surface area (Å²) in [6.45, 7) is 0.165. The van der Waals surface area contributed by atoms with Gasteiger partial charge in [-0.1, -0.05) is 11.6 Å². The third kappa shape index (κ3) is 3.21. The van der Waals surface area contributed by atoms with Crippen LogP contribution in [-0.2, 0) is 6.42 Å². The van der Waals surface area contributed by atoms with Crippen molar-refractivity contribution in [3.8, 4) is 5.75 Å². The molecule has 1 aromatic carbocycles. The molecule has 0 saturated carbocycles. The molecule has 0 saturated heterocycles. The fourth-order valence-corrected chi connectivity index (χ4v) is 2.57. The molecule has 1 aliphatic heterocycles. The Balaban J connectivity index is 2.50. The number of benzene rings is 1. The van der Waals surface area contributed by atoms with E-state index < -0.39 is 24.3 Å². The van der Waals surface area contributed by atoms with E-state index in [4.69, 9.17) is 22.1 Å². The van der Waals surface area contributed by atoms with Gasteiger partial charge < -0.3 is 10.5 Å². The lowest BCUT2D eigenvalue weighted by atomic mass is 9.90. The summed E-state index contributed by atoms with van der Waals surface area (Å²) in [6, 6.07) is 0.0903. The van der Waals surface area contributed by atoms with Crippen molar-refractivity contribution in [3.63, 3.8) is 0 Å². The third-order valence-corrected chi connectivity index (χ3v) is 3.42. The maximum absolute atomic E-state index is 12.7. The van der Waals surface area contributed by atoms with Crippen LogP contribution in [0.25, 0.3) is 0 Å². The summed E-state index contributed by atoms with van der Waals surface area (Å²) >= 11 is 5.73. The molecule has 0 aromatic heterocycles. The van der Waals surface area contributed by atoms with Crippen molar-refractivity contribution in [2.45, 2.75) is 24.8 Å². The number of alkyl halides is 6. The Morgan fingerprint density at radius 2 is 1.67 bits per heavy atom. The van der Waals surface area contributed by atoms with Crippen molar-refractivity contribution < 1.29 is 31.1 Å². The number of halogens is 7. The van der Waals surface area contributed by atoms with Gasteiger partial charge in [-0.25, -0.2) is 0 Å². The van der Waals surface area contributed by atoms with Crippen molar-refractivity contribution in [2.24, 2.45) is 11.7 Å². The minimum Gasteiger partial charge on any atom is -0.493 e. The van der Waals surface area contributed by atoms with Crippen molar-refractivity contribution in [3.05, 3.63) is 28.3 Å². The Morgan fingerprint density at radius 1 is 1.10 bits per heavy atom. The van der Waals surface area contributed by atoms with Gasteiger partial charge in [-0.2, -0.15) is 26.3 Å². The molecule has 1 unspecified atom stereocenters. The van der Waals surface area contributed by atoms with E-state index >= 15 is 0 Å². The van der Waals surface area contributed by atoms with Crippen LogP contribution in [0.4, 0.5) is 26.3 Å². The van der Waals surface area contributed by atoms with E-state index in [0.717, 1.165) is 6.07 Å². The van der Waals surface area contributed by atoms with Gasteiger partial charge in [-0.3, -0.25) is 0 Å². The number of ether oxygens (including phenoxy) is 1. The zero-order valence-corrected chi connectivity index (χ0v) is 11.1. The molecule has 9 heteroatoms. The zero-order valence-electron chi connectivity index (χ0n) is 10.4. The lowest BCUT2D eigenvalue weighted by molar-refractivity contribution is -0.290. The van der Waals surface area contributed by atoms with Gasteiger partial charge in [0.05, 0.1) is 12.6 Å². The molecular formula is C12H10ClF6NO. The minimum atomic E-state index is -5.52. The van der Waals surface area contributed by atoms with E-state index in [1.165, 1.54) is 6.07 Å². The summed E-state index contributed by atoms with van der Waals surface area (Å²) in [7, 11) is 0. The van der Waals surface area contributed by atoms with Gasteiger partial charge in [0.1, 0.15) is 5.75 Å². The van der Waals surface area contributed by atoms with Gasteiger partial charge in [-0.05, 0) is 17.7 Å². The Bertz CT molecular complexity index is 528. The molecule has 0 aliphatic carbocycles. The zero-order chi connectivity index (χ0) is 16.0. The number of nitrogens with two attached hydrogens (primary N) is 1. The molecule has 118 valence electrons. The van der Waals surface area contributed by atoms with Crippen LogP contribution in [0.5, 0.6) is 5.75 Å². The van der Waals surface area contributed by atoms with Crippen LogP contribution in [0.2, 0.25) is 5.02 Å². The van der Waals surface area contributed by atoms with Crippen molar-refractivity contribution in [2.75, 3.05) is 6.61 Å².